The topological polar surface area (TPSA) is 63.7 Å². The lowest BCUT2D eigenvalue weighted by Gasteiger charge is -2.46. The van der Waals surface area contributed by atoms with Crippen LogP contribution in [0.2, 0.25) is 0 Å². The SMILES string of the molecule is CC(C)C(=O)C(C)(C)CCOC(C)(C)CCN1C(=O)CC(C)(C(C)(C)C)CC1=O. The molecule has 0 aromatic carbocycles. The fourth-order valence-corrected chi connectivity index (χ4v) is 3.78. The van der Waals surface area contributed by atoms with E-state index >= 15 is 0 Å². The molecule has 1 heterocycles. The van der Waals surface area contributed by atoms with Crippen molar-refractivity contribution in [3.05, 3.63) is 0 Å². The van der Waals surface area contributed by atoms with Crippen molar-refractivity contribution in [2.75, 3.05) is 13.2 Å². The number of piperidine rings is 1. The third-order valence-electron chi connectivity index (χ3n) is 6.84. The van der Waals surface area contributed by atoms with Crippen molar-refractivity contribution in [1.29, 1.82) is 0 Å². The van der Waals surface area contributed by atoms with Crippen LogP contribution in [0, 0.1) is 22.2 Å². The van der Waals surface area contributed by atoms with Crippen molar-refractivity contribution in [3.63, 3.8) is 0 Å². The van der Waals surface area contributed by atoms with Crippen molar-refractivity contribution < 1.29 is 19.1 Å². The standard InChI is InChI=1S/C24H43NO4/c1-17(2)20(28)22(6,7)12-14-29-23(8,9)11-13-25-18(26)15-24(10,16-19(25)27)21(3,4)5/h17H,11-16H2,1-10H3. The summed E-state index contributed by atoms with van der Waals surface area (Å²) in [5.74, 6) is 0.0783. The maximum Gasteiger partial charge on any atom is 0.229 e. The average molecular weight is 410 g/mol. The normalized spacial score (nSPS) is 18.5. The number of carbonyl (C=O) groups is 3. The molecule has 0 atom stereocenters. The predicted octanol–water partition coefficient (Wildman–Crippen LogP) is 5.01. The zero-order valence-corrected chi connectivity index (χ0v) is 20.4. The highest BCUT2D eigenvalue weighted by molar-refractivity contribution is 5.98. The molecular weight excluding hydrogens is 366 g/mol. The fraction of sp³-hybridized carbons (Fsp3) is 0.875. The van der Waals surface area contributed by atoms with Gasteiger partial charge in [0.15, 0.2) is 0 Å². The first kappa shape index (κ1) is 25.8. The number of nitrogens with zero attached hydrogens (tertiary/aromatic N) is 1. The molecule has 5 heteroatoms. The second kappa shape index (κ2) is 8.87. The van der Waals surface area contributed by atoms with E-state index in [9.17, 15) is 14.4 Å². The second-order valence-corrected chi connectivity index (χ2v) is 11.6. The van der Waals surface area contributed by atoms with Gasteiger partial charge in [-0.3, -0.25) is 19.3 Å². The molecule has 168 valence electrons. The summed E-state index contributed by atoms with van der Waals surface area (Å²) >= 11 is 0. The number of amides is 2. The van der Waals surface area contributed by atoms with E-state index in [0.29, 0.717) is 38.8 Å². The molecule has 2 amide bonds. The van der Waals surface area contributed by atoms with Gasteiger partial charge in [0.05, 0.1) is 5.60 Å². The quantitative estimate of drug-likeness (QED) is 0.502. The van der Waals surface area contributed by atoms with E-state index in [1.807, 2.05) is 48.5 Å². The molecule has 0 bridgehead atoms. The van der Waals surface area contributed by atoms with E-state index in [4.69, 9.17) is 4.74 Å². The monoisotopic (exact) mass is 409 g/mol. The summed E-state index contributed by atoms with van der Waals surface area (Å²) in [7, 11) is 0. The van der Waals surface area contributed by atoms with Crippen molar-refractivity contribution in [1.82, 2.24) is 4.90 Å². The summed E-state index contributed by atoms with van der Waals surface area (Å²) in [5, 5.41) is 0. The third-order valence-corrected chi connectivity index (χ3v) is 6.84. The van der Waals surface area contributed by atoms with Gasteiger partial charge in [-0.1, -0.05) is 55.4 Å². The summed E-state index contributed by atoms with van der Waals surface area (Å²) in [4.78, 5) is 39.1. The molecule has 1 aliphatic heterocycles. The smallest absolute Gasteiger partial charge is 0.229 e. The Morgan fingerprint density at radius 1 is 1.00 bits per heavy atom. The maximum atomic E-state index is 12.7. The Hall–Kier alpha value is -1.23. The van der Waals surface area contributed by atoms with Crippen molar-refractivity contribution >= 4 is 17.6 Å². The van der Waals surface area contributed by atoms with Crippen LogP contribution >= 0.6 is 0 Å². The molecule has 0 spiro atoms. The van der Waals surface area contributed by atoms with Gasteiger partial charge in [-0.15, -0.1) is 0 Å². The van der Waals surface area contributed by atoms with Crippen LogP contribution in [0.3, 0.4) is 0 Å². The molecule has 1 saturated heterocycles. The van der Waals surface area contributed by atoms with Crippen LogP contribution in [0.5, 0.6) is 0 Å². The van der Waals surface area contributed by atoms with E-state index in [1.54, 1.807) is 0 Å². The minimum atomic E-state index is -0.470. The summed E-state index contributed by atoms with van der Waals surface area (Å²) in [6.07, 6.45) is 2.03. The minimum absolute atomic E-state index is 0.00733. The largest absolute Gasteiger partial charge is 0.375 e. The molecule has 1 rings (SSSR count). The summed E-state index contributed by atoms with van der Waals surface area (Å²) < 4.78 is 6.05. The first-order valence-electron chi connectivity index (χ1n) is 10.9. The second-order valence-electron chi connectivity index (χ2n) is 11.6. The lowest BCUT2D eigenvalue weighted by Crippen LogP contribution is -2.52. The minimum Gasteiger partial charge on any atom is -0.375 e. The van der Waals surface area contributed by atoms with Crippen molar-refractivity contribution in [3.8, 4) is 0 Å². The average Bonchev–Trinajstić information content (AvgIpc) is 2.51. The van der Waals surface area contributed by atoms with Crippen molar-refractivity contribution in [2.24, 2.45) is 22.2 Å². The summed E-state index contributed by atoms with van der Waals surface area (Å²) in [5.41, 5.74) is -1.30. The van der Waals surface area contributed by atoms with Crippen LogP contribution in [0.1, 0.15) is 94.9 Å². The predicted molar refractivity (Wildman–Crippen MR) is 116 cm³/mol. The van der Waals surface area contributed by atoms with Gasteiger partial charge in [-0.05, 0) is 37.5 Å². The number of ketones is 1. The van der Waals surface area contributed by atoms with Gasteiger partial charge < -0.3 is 4.74 Å². The number of imide groups is 1. The van der Waals surface area contributed by atoms with Gasteiger partial charge in [-0.2, -0.15) is 0 Å². The zero-order chi connectivity index (χ0) is 22.8. The first-order valence-corrected chi connectivity index (χ1v) is 10.9. The summed E-state index contributed by atoms with van der Waals surface area (Å²) in [6, 6.07) is 0. The van der Waals surface area contributed by atoms with Crippen LogP contribution in [-0.4, -0.2) is 41.3 Å². The Bertz CT molecular complexity index is 607. The molecule has 0 N–H and O–H groups in total. The number of hydrogen-bond donors (Lipinski definition) is 0. The molecule has 0 saturated carbocycles. The Morgan fingerprint density at radius 2 is 1.48 bits per heavy atom. The van der Waals surface area contributed by atoms with Crippen molar-refractivity contribution in [2.45, 2.75) is 101 Å². The molecular formula is C24H43NO4. The van der Waals surface area contributed by atoms with E-state index in [1.165, 1.54) is 4.90 Å². The molecule has 0 aromatic rings. The number of carbonyl (C=O) groups excluding carboxylic acids is 3. The molecule has 0 unspecified atom stereocenters. The van der Waals surface area contributed by atoms with E-state index in [2.05, 4.69) is 20.8 Å². The van der Waals surface area contributed by atoms with E-state index in [-0.39, 0.29) is 34.3 Å². The van der Waals surface area contributed by atoms with Crippen LogP contribution < -0.4 is 0 Å². The van der Waals surface area contributed by atoms with Gasteiger partial charge in [0.1, 0.15) is 5.78 Å². The van der Waals surface area contributed by atoms with Gasteiger partial charge in [0.25, 0.3) is 0 Å². The first-order chi connectivity index (χ1) is 12.9. The molecule has 0 aliphatic carbocycles. The Labute approximate surface area is 177 Å². The Balaban J connectivity index is 2.61. The zero-order valence-electron chi connectivity index (χ0n) is 20.4. The third kappa shape index (κ3) is 6.63. The highest BCUT2D eigenvalue weighted by Crippen LogP contribution is 2.47. The van der Waals surface area contributed by atoms with Gasteiger partial charge in [0, 0.05) is 37.3 Å². The van der Waals surface area contributed by atoms with Crippen LogP contribution in [0.15, 0.2) is 0 Å². The van der Waals surface area contributed by atoms with Gasteiger partial charge >= 0.3 is 0 Å². The van der Waals surface area contributed by atoms with Crippen LogP contribution in [0.4, 0.5) is 0 Å². The Morgan fingerprint density at radius 3 is 1.90 bits per heavy atom. The highest BCUT2D eigenvalue weighted by atomic mass is 16.5. The van der Waals surface area contributed by atoms with E-state index < -0.39 is 11.0 Å². The molecule has 29 heavy (non-hydrogen) atoms. The number of hydrogen-bond acceptors (Lipinski definition) is 4. The van der Waals surface area contributed by atoms with Gasteiger partial charge in [0.2, 0.25) is 11.8 Å². The van der Waals surface area contributed by atoms with Crippen LogP contribution in [-0.2, 0) is 19.1 Å². The molecule has 1 fully saturated rings. The molecule has 5 nitrogen and oxygen atoms in total. The maximum absolute atomic E-state index is 12.7. The number of ether oxygens (including phenoxy) is 1. The lowest BCUT2D eigenvalue weighted by atomic mass is 9.62. The fourth-order valence-electron chi connectivity index (χ4n) is 3.78. The van der Waals surface area contributed by atoms with Gasteiger partial charge in [-0.25, -0.2) is 0 Å². The molecule has 0 aromatic heterocycles. The number of rotatable bonds is 9. The number of likely N-dealkylation sites (tertiary alicyclic amines) is 1. The van der Waals surface area contributed by atoms with Crippen LogP contribution in [0.25, 0.3) is 0 Å². The summed E-state index contributed by atoms with van der Waals surface area (Å²) in [6.45, 7) is 20.9. The molecule has 0 radical (unpaired) electrons. The highest BCUT2D eigenvalue weighted by Gasteiger charge is 2.47. The van der Waals surface area contributed by atoms with E-state index in [0.717, 1.165) is 0 Å². The molecule has 1 aliphatic rings. The Kier molecular flexibility index (Phi) is 7.89. The lowest BCUT2D eigenvalue weighted by molar-refractivity contribution is -0.158. The number of Topliss-reactive ketones (excluding diaryl/α,β-unsaturated/α-hetero) is 1.